The lowest BCUT2D eigenvalue weighted by molar-refractivity contribution is 0.561. The second-order valence-corrected chi connectivity index (χ2v) is 8.00. The molecule has 0 fully saturated rings. The van der Waals surface area contributed by atoms with Crippen molar-refractivity contribution >= 4 is 17.2 Å². The van der Waals surface area contributed by atoms with Crippen molar-refractivity contribution in [3.8, 4) is 0 Å². The van der Waals surface area contributed by atoms with Gasteiger partial charge in [-0.25, -0.2) is 0 Å². The minimum absolute atomic E-state index is 0.0202. The third kappa shape index (κ3) is 5.54. The number of hydrogen-bond donors (Lipinski definition) is 2. The molecule has 1 heterocycles. The van der Waals surface area contributed by atoms with E-state index in [4.69, 9.17) is 10.1 Å². The molecule has 5 nitrogen and oxygen atoms in total. The average Bonchev–Trinajstić information content (AvgIpc) is 3.11. The van der Waals surface area contributed by atoms with Crippen molar-refractivity contribution < 1.29 is 0 Å². The van der Waals surface area contributed by atoms with E-state index in [1.165, 1.54) is 5.56 Å². The highest BCUT2D eigenvalue weighted by atomic mass is 15.4. The average molecular weight is 382 g/mol. The molecule has 0 saturated carbocycles. The van der Waals surface area contributed by atoms with E-state index in [1.807, 2.05) is 18.2 Å². The molecule has 1 aromatic heterocycles. The Morgan fingerprint density at radius 1 is 1.11 bits per heavy atom. The first-order valence-electron chi connectivity index (χ1n) is 10.4. The van der Waals surface area contributed by atoms with Crippen LogP contribution in [0.5, 0.6) is 0 Å². The third-order valence-corrected chi connectivity index (χ3v) is 4.70. The summed E-state index contributed by atoms with van der Waals surface area (Å²) in [4.78, 5) is 4.87. The third-order valence-electron chi connectivity index (χ3n) is 4.70. The van der Waals surface area contributed by atoms with Gasteiger partial charge >= 0.3 is 0 Å². The van der Waals surface area contributed by atoms with Crippen molar-refractivity contribution in [3.05, 3.63) is 47.2 Å². The number of benzene rings is 1. The topological polar surface area (TPSA) is 65.4 Å². The zero-order valence-electron chi connectivity index (χ0n) is 18.3. The molecule has 0 aliphatic carbocycles. The molecule has 1 aromatic carbocycles. The summed E-state index contributed by atoms with van der Waals surface area (Å²) < 4.78 is 0. The summed E-state index contributed by atoms with van der Waals surface area (Å²) in [6, 6.07) is 10.3. The van der Waals surface area contributed by atoms with E-state index in [0.29, 0.717) is 0 Å². The predicted octanol–water partition coefficient (Wildman–Crippen LogP) is 5.74. The lowest BCUT2D eigenvalue weighted by Gasteiger charge is -2.18. The van der Waals surface area contributed by atoms with E-state index in [0.717, 1.165) is 60.7 Å². The van der Waals surface area contributed by atoms with Gasteiger partial charge in [0.25, 0.3) is 0 Å². The van der Waals surface area contributed by atoms with E-state index in [9.17, 15) is 0 Å². The quantitative estimate of drug-likeness (QED) is 0.330. The van der Waals surface area contributed by atoms with Gasteiger partial charge in [-0.1, -0.05) is 78.3 Å². The summed E-state index contributed by atoms with van der Waals surface area (Å²) in [5.74, 6) is 0.805. The monoisotopic (exact) mass is 381 g/mol. The molecule has 0 saturated heterocycles. The molecule has 152 valence electrons. The zero-order valence-corrected chi connectivity index (χ0v) is 18.3. The van der Waals surface area contributed by atoms with Crippen LogP contribution in [0.4, 0.5) is 5.82 Å². The van der Waals surface area contributed by atoms with Crippen LogP contribution < -0.4 is 5.43 Å². The van der Waals surface area contributed by atoms with Gasteiger partial charge in [0.2, 0.25) is 0 Å². The molecule has 0 atom stereocenters. The molecule has 28 heavy (non-hydrogen) atoms. The largest absolute Gasteiger partial charge is 0.283 e. The van der Waals surface area contributed by atoms with Gasteiger partial charge in [0.05, 0.1) is 11.4 Å². The van der Waals surface area contributed by atoms with Crippen molar-refractivity contribution in [3.63, 3.8) is 0 Å². The number of hydrogen-bond acceptors (Lipinski definition) is 4. The first-order chi connectivity index (χ1) is 13.4. The normalized spacial score (nSPS) is 13.1. The fourth-order valence-electron chi connectivity index (χ4n) is 3.14. The number of H-pyrrole nitrogens is 1. The van der Waals surface area contributed by atoms with Crippen molar-refractivity contribution in [2.75, 3.05) is 12.0 Å². The number of nitrogens with zero attached hydrogens (tertiary/aromatic N) is 3. The molecular weight excluding hydrogens is 346 g/mol. The maximum atomic E-state index is 4.87. The van der Waals surface area contributed by atoms with E-state index < -0.39 is 0 Å². The van der Waals surface area contributed by atoms with Crippen molar-refractivity contribution in [1.82, 2.24) is 10.2 Å². The second kappa shape index (κ2) is 10.2. The lowest BCUT2D eigenvalue weighted by atomic mass is 9.88. The summed E-state index contributed by atoms with van der Waals surface area (Å²) in [5, 5.41) is 12.4. The number of aromatic amines is 1. The van der Waals surface area contributed by atoms with E-state index in [2.05, 4.69) is 69.3 Å². The van der Waals surface area contributed by atoms with Crippen LogP contribution in [0, 0.1) is 0 Å². The molecule has 0 aliphatic rings. The number of nitrogens with one attached hydrogen (secondary N) is 2. The Morgan fingerprint density at radius 3 is 2.39 bits per heavy atom. The first kappa shape index (κ1) is 21.9. The highest BCUT2D eigenvalue weighted by Gasteiger charge is 2.22. The van der Waals surface area contributed by atoms with Crippen LogP contribution in [0.15, 0.2) is 40.4 Å². The van der Waals surface area contributed by atoms with Crippen LogP contribution in [-0.4, -0.2) is 28.2 Å². The van der Waals surface area contributed by atoms with Gasteiger partial charge in [-0.3, -0.25) is 15.5 Å². The Labute approximate surface area is 169 Å². The standard InChI is InChI=1S/C23H35N5/c1-7-10-16-24-20(17-14-12-11-13-15-17)19(9-3)25-27-22-18(8-2)21(26-28-22)23(4,5)6/h11-15H,7-10,16H2,1-6H3,(H2,26,27,28)/b24-20?,25-19-. The molecule has 0 radical (unpaired) electrons. The molecular formula is C23H35N5. The van der Waals surface area contributed by atoms with Gasteiger partial charge in [-0.15, -0.1) is 0 Å². The maximum Gasteiger partial charge on any atom is 0.171 e. The fourth-order valence-corrected chi connectivity index (χ4v) is 3.14. The van der Waals surface area contributed by atoms with Gasteiger partial charge in [-0.05, 0) is 19.3 Å². The number of aromatic nitrogens is 2. The Kier molecular flexibility index (Phi) is 7.97. The molecule has 0 amide bonds. The summed E-state index contributed by atoms with van der Waals surface area (Å²) >= 11 is 0. The Bertz CT molecular complexity index is 794. The smallest absolute Gasteiger partial charge is 0.171 e. The van der Waals surface area contributed by atoms with Crippen molar-refractivity contribution in [1.29, 1.82) is 0 Å². The molecule has 0 spiro atoms. The van der Waals surface area contributed by atoms with E-state index in [-0.39, 0.29) is 5.41 Å². The molecule has 0 aliphatic heterocycles. The van der Waals surface area contributed by atoms with Crippen LogP contribution in [0.25, 0.3) is 0 Å². The molecule has 2 aromatic rings. The summed E-state index contributed by atoms with van der Waals surface area (Å²) in [6.07, 6.45) is 3.91. The van der Waals surface area contributed by atoms with Crippen LogP contribution in [-0.2, 0) is 11.8 Å². The van der Waals surface area contributed by atoms with Gasteiger partial charge in [0.1, 0.15) is 0 Å². The number of rotatable bonds is 9. The first-order valence-corrected chi connectivity index (χ1v) is 10.4. The second-order valence-electron chi connectivity index (χ2n) is 8.00. The zero-order chi connectivity index (χ0) is 20.6. The van der Waals surface area contributed by atoms with Crippen molar-refractivity contribution in [2.45, 2.75) is 72.6 Å². The predicted molar refractivity (Wildman–Crippen MR) is 121 cm³/mol. The highest BCUT2D eigenvalue weighted by molar-refractivity contribution is 6.48. The summed E-state index contributed by atoms with van der Waals surface area (Å²) in [7, 11) is 0. The minimum atomic E-state index is 0.0202. The van der Waals surface area contributed by atoms with Gasteiger partial charge < -0.3 is 0 Å². The van der Waals surface area contributed by atoms with Crippen LogP contribution >= 0.6 is 0 Å². The number of unbranched alkanes of at least 4 members (excludes halogenated alkanes) is 1. The Hall–Kier alpha value is -2.43. The summed E-state index contributed by atoms with van der Waals surface area (Å²) in [6.45, 7) is 13.8. The fraction of sp³-hybridized carbons (Fsp3) is 0.522. The minimum Gasteiger partial charge on any atom is -0.283 e. The van der Waals surface area contributed by atoms with Gasteiger partial charge in [-0.2, -0.15) is 10.2 Å². The Morgan fingerprint density at radius 2 is 1.82 bits per heavy atom. The maximum absolute atomic E-state index is 4.87. The van der Waals surface area contributed by atoms with Crippen molar-refractivity contribution in [2.24, 2.45) is 10.1 Å². The number of anilines is 1. The van der Waals surface area contributed by atoms with E-state index >= 15 is 0 Å². The van der Waals surface area contributed by atoms with Gasteiger partial charge in [0.15, 0.2) is 5.82 Å². The van der Waals surface area contributed by atoms with E-state index in [1.54, 1.807) is 0 Å². The number of hydrazone groups is 1. The molecule has 2 rings (SSSR count). The van der Waals surface area contributed by atoms with Gasteiger partial charge in [0, 0.05) is 28.8 Å². The molecule has 5 heteroatoms. The van der Waals surface area contributed by atoms with Crippen LogP contribution in [0.2, 0.25) is 0 Å². The molecule has 2 N–H and O–H groups in total. The van der Waals surface area contributed by atoms with Crippen LogP contribution in [0.1, 0.15) is 77.6 Å². The SMILES string of the molecule is CCCCN=C(/C(CC)=N\Nc1n[nH]c(C(C)(C)C)c1CC)c1ccccc1. The highest BCUT2D eigenvalue weighted by Crippen LogP contribution is 2.28. The summed E-state index contributed by atoms with van der Waals surface area (Å²) in [5.41, 5.74) is 8.60. The lowest BCUT2D eigenvalue weighted by Crippen LogP contribution is -2.18. The molecule has 0 unspecified atom stereocenters. The Balaban J connectivity index is 2.35. The van der Waals surface area contributed by atoms with Crippen LogP contribution in [0.3, 0.4) is 0 Å². The molecule has 0 bridgehead atoms. The number of aliphatic imine (C=N–C) groups is 1.